The molecule has 0 saturated carbocycles. The number of ether oxygens (including phenoxy) is 1. The van der Waals surface area contributed by atoms with E-state index in [0.717, 1.165) is 0 Å². The fourth-order valence-corrected chi connectivity index (χ4v) is 2.11. The van der Waals surface area contributed by atoms with Gasteiger partial charge in [0.25, 0.3) is 5.69 Å². The molecule has 0 atom stereocenters. The Kier molecular flexibility index (Phi) is 4.34. The summed E-state index contributed by atoms with van der Waals surface area (Å²) in [5.74, 6) is 0.912. The smallest absolute Gasteiger partial charge is 0.274 e. The Morgan fingerprint density at radius 1 is 1.42 bits per heavy atom. The number of benzene rings is 1. The van der Waals surface area contributed by atoms with E-state index in [2.05, 4.69) is 20.9 Å². The summed E-state index contributed by atoms with van der Waals surface area (Å²) in [4.78, 5) is 14.3. The third kappa shape index (κ3) is 3.42. The highest BCUT2D eigenvalue weighted by Gasteiger charge is 2.12. The molecular weight excluding hydrogens is 336 g/mol. The Morgan fingerprint density at radius 3 is 2.89 bits per heavy atom. The van der Waals surface area contributed by atoms with Gasteiger partial charge in [0, 0.05) is 22.3 Å². The molecule has 1 aromatic carbocycles. The summed E-state index contributed by atoms with van der Waals surface area (Å²) in [6.07, 6.45) is 1.57. The lowest BCUT2D eigenvalue weighted by molar-refractivity contribution is -0.385. The van der Waals surface area contributed by atoms with E-state index in [4.69, 9.17) is 16.3 Å². The minimum absolute atomic E-state index is 0.0623. The second-order valence-electron chi connectivity index (χ2n) is 3.61. The SMILES string of the molecule is O=[N+]([O-])c1cc(Br)cc(Oc2ncccc2CCl)c1. The van der Waals surface area contributed by atoms with Crippen LogP contribution in [-0.2, 0) is 5.88 Å². The van der Waals surface area contributed by atoms with Crippen molar-refractivity contribution in [2.75, 3.05) is 0 Å². The number of nitrogens with zero attached hydrogens (tertiary/aromatic N) is 2. The number of nitro benzene ring substituents is 1. The minimum atomic E-state index is -0.488. The molecule has 0 saturated heterocycles. The van der Waals surface area contributed by atoms with Crippen LogP contribution in [0.15, 0.2) is 41.0 Å². The van der Waals surface area contributed by atoms with Crippen LogP contribution in [0.2, 0.25) is 0 Å². The molecule has 0 spiro atoms. The van der Waals surface area contributed by atoms with Crippen LogP contribution in [-0.4, -0.2) is 9.91 Å². The molecular formula is C12H8BrClN2O3. The van der Waals surface area contributed by atoms with Gasteiger partial charge in [0.1, 0.15) is 5.75 Å². The van der Waals surface area contributed by atoms with E-state index in [1.165, 1.54) is 12.1 Å². The summed E-state index contributed by atoms with van der Waals surface area (Å²) in [6, 6.07) is 7.88. The van der Waals surface area contributed by atoms with E-state index in [-0.39, 0.29) is 11.6 Å². The molecule has 19 heavy (non-hydrogen) atoms. The molecule has 0 fully saturated rings. The topological polar surface area (TPSA) is 65.3 Å². The summed E-state index contributed by atoms with van der Waals surface area (Å²) in [6.45, 7) is 0. The van der Waals surface area contributed by atoms with E-state index < -0.39 is 4.92 Å². The number of rotatable bonds is 4. The van der Waals surface area contributed by atoms with Gasteiger partial charge >= 0.3 is 0 Å². The van der Waals surface area contributed by atoms with Crippen molar-refractivity contribution < 1.29 is 9.66 Å². The van der Waals surface area contributed by atoms with Crippen LogP contribution in [0.25, 0.3) is 0 Å². The van der Waals surface area contributed by atoms with Crippen LogP contribution >= 0.6 is 27.5 Å². The van der Waals surface area contributed by atoms with Crippen molar-refractivity contribution in [3.63, 3.8) is 0 Å². The van der Waals surface area contributed by atoms with Gasteiger partial charge in [0.05, 0.1) is 16.9 Å². The van der Waals surface area contributed by atoms with Gasteiger partial charge in [-0.05, 0) is 12.1 Å². The van der Waals surface area contributed by atoms with Crippen molar-refractivity contribution in [2.24, 2.45) is 0 Å². The van der Waals surface area contributed by atoms with E-state index in [1.54, 1.807) is 24.4 Å². The molecule has 1 heterocycles. The fourth-order valence-electron chi connectivity index (χ4n) is 1.44. The number of alkyl halides is 1. The van der Waals surface area contributed by atoms with E-state index in [9.17, 15) is 10.1 Å². The van der Waals surface area contributed by atoms with Gasteiger partial charge in [0.15, 0.2) is 0 Å². The minimum Gasteiger partial charge on any atom is -0.438 e. The molecule has 5 nitrogen and oxygen atoms in total. The number of hydrogen-bond donors (Lipinski definition) is 0. The Balaban J connectivity index is 2.35. The molecule has 0 N–H and O–H groups in total. The van der Waals surface area contributed by atoms with Gasteiger partial charge in [-0.1, -0.05) is 22.0 Å². The Hall–Kier alpha value is -1.66. The molecule has 0 unspecified atom stereocenters. The van der Waals surface area contributed by atoms with Crippen molar-refractivity contribution in [3.05, 3.63) is 56.7 Å². The lowest BCUT2D eigenvalue weighted by Gasteiger charge is -2.08. The van der Waals surface area contributed by atoms with Gasteiger partial charge in [-0.15, -0.1) is 11.6 Å². The largest absolute Gasteiger partial charge is 0.438 e. The van der Waals surface area contributed by atoms with Crippen molar-refractivity contribution in [3.8, 4) is 11.6 Å². The number of aromatic nitrogens is 1. The molecule has 2 aromatic rings. The first-order valence-electron chi connectivity index (χ1n) is 5.23. The number of pyridine rings is 1. The third-order valence-corrected chi connectivity index (χ3v) is 3.02. The zero-order valence-electron chi connectivity index (χ0n) is 9.55. The average molecular weight is 344 g/mol. The maximum Gasteiger partial charge on any atom is 0.274 e. The standard InChI is InChI=1S/C12H8BrClN2O3/c13-9-4-10(16(17)18)6-11(5-9)19-12-8(7-14)2-1-3-15-12/h1-6H,7H2. The monoisotopic (exact) mass is 342 g/mol. The predicted molar refractivity (Wildman–Crippen MR) is 74.7 cm³/mol. The summed E-state index contributed by atoms with van der Waals surface area (Å²) in [5.41, 5.74) is 0.652. The summed E-state index contributed by atoms with van der Waals surface area (Å²) < 4.78 is 6.10. The van der Waals surface area contributed by atoms with Crippen molar-refractivity contribution >= 4 is 33.2 Å². The molecule has 0 bridgehead atoms. The van der Waals surface area contributed by atoms with Crippen LogP contribution in [0.1, 0.15) is 5.56 Å². The molecule has 98 valence electrons. The first-order chi connectivity index (χ1) is 9.10. The van der Waals surface area contributed by atoms with E-state index >= 15 is 0 Å². The maximum absolute atomic E-state index is 10.8. The normalized spacial score (nSPS) is 10.2. The Morgan fingerprint density at radius 2 is 2.21 bits per heavy atom. The predicted octanol–water partition coefficient (Wildman–Crippen LogP) is 4.28. The maximum atomic E-state index is 10.8. The van der Waals surface area contributed by atoms with Crippen LogP contribution < -0.4 is 4.74 Å². The Labute approximate surface area is 122 Å². The molecule has 0 aliphatic carbocycles. The highest BCUT2D eigenvalue weighted by molar-refractivity contribution is 9.10. The highest BCUT2D eigenvalue weighted by Crippen LogP contribution is 2.30. The second-order valence-corrected chi connectivity index (χ2v) is 4.79. The lowest BCUT2D eigenvalue weighted by Crippen LogP contribution is -1.94. The zero-order valence-corrected chi connectivity index (χ0v) is 11.9. The number of halogens is 2. The molecule has 0 aliphatic rings. The molecule has 0 aliphatic heterocycles. The van der Waals surface area contributed by atoms with Crippen LogP contribution in [0.5, 0.6) is 11.6 Å². The fraction of sp³-hybridized carbons (Fsp3) is 0.0833. The molecule has 2 rings (SSSR count). The van der Waals surface area contributed by atoms with Gasteiger partial charge < -0.3 is 4.74 Å². The molecule has 1 aromatic heterocycles. The van der Waals surface area contributed by atoms with Gasteiger partial charge in [-0.3, -0.25) is 10.1 Å². The number of non-ortho nitro benzene ring substituents is 1. The van der Waals surface area contributed by atoms with Crippen LogP contribution in [0.4, 0.5) is 5.69 Å². The average Bonchev–Trinajstić information content (AvgIpc) is 2.38. The first kappa shape index (κ1) is 13.8. The van der Waals surface area contributed by atoms with Gasteiger partial charge in [0.2, 0.25) is 5.88 Å². The quantitative estimate of drug-likeness (QED) is 0.472. The molecule has 7 heteroatoms. The van der Waals surface area contributed by atoms with Crippen LogP contribution in [0.3, 0.4) is 0 Å². The second kappa shape index (κ2) is 5.99. The first-order valence-corrected chi connectivity index (χ1v) is 6.55. The van der Waals surface area contributed by atoms with Crippen molar-refractivity contribution in [1.29, 1.82) is 0 Å². The van der Waals surface area contributed by atoms with Crippen molar-refractivity contribution in [1.82, 2.24) is 4.98 Å². The zero-order chi connectivity index (χ0) is 13.8. The number of hydrogen-bond acceptors (Lipinski definition) is 4. The van der Waals surface area contributed by atoms with E-state index in [0.29, 0.717) is 21.7 Å². The summed E-state index contributed by atoms with van der Waals surface area (Å²) in [7, 11) is 0. The molecule has 0 amide bonds. The van der Waals surface area contributed by atoms with E-state index in [1.807, 2.05) is 0 Å². The summed E-state index contributed by atoms with van der Waals surface area (Å²) >= 11 is 8.97. The highest BCUT2D eigenvalue weighted by atomic mass is 79.9. The van der Waals surface area contributed by atoms with Crippen molar-refractivity contribution in [2.45, 2.75) is 5.88 Å². The third-order valence-electron chi connectivity index (χ3n) is 2.28. The van der Waals surface area contributed by atoms with Gasteiger partial charge in [-0.2, -0.15) is 0 Å². The molecule has 0 radical (unpaired) electrons. The van der Waals surface area contributed by atoms with Crippen LogP contribution in [0, 0.1) is 10.1 Å². The van der Waals surface area contributed by atoms with Gasteiger partial charge in [-0.25, -0.2) is 4.98 Å². The Bertz CT molecular complexity index is 622. The lowest BCUT2D eigenvalue weighted by atomic mass is 10.3. The summed E-state index contributed by atoms with van der Waals surface area (Å²) in [5, 5.41) is 10.8. The number of nitro groups is 1.